The van der Waals surface area contributed by atoms with Crippen LogP contribution >= 0.6 is 8.58 Å². The maximum atomic E-state index is 5.98. The summed E-state index contributed by atoms with van der Waals surface area (Å²) in [5, 5.41) is 0. The van der Waals surface area contributed by atoms with Crippen LogP contribution in [-0.4, -0.2) is 36.3 Å². The molecule has 2 aliphatic heterocycles. The molecule has 0 fully saturated rings. The van der Waals surface area contributed by atoms with E-state index >= 15 is 0 Å². The van der Waals surface area contributed by atoms with Crippen LogP contribution in [0.4, 0.5) is 0 Å². The minimum atomic E-state index is 0.0924. The minimum Gasteiger partial charge on any atom is -0.475 e. The maximum Gasteiger partial charge on any atom is 0.188 e. The van der Waals surface area contributed by atoms with Gasteiger partial charge < -0.3 is 9.47 Å². The monoisotopic (exact) mass is 380 g/mol. The van der Waals surface area contributed by atoms with Gasteiger partial charge in [-0.25, -0.2) is 9.98 Å². The van der Waals surface area contributed by atoms with Crippen molar-refractivity contribution in [2.45, 2.75) is 38.1 Å². The summed E-state index contributed by atoms with van der Waals surface area (Å²) in [5.41, 5.74) is 2.43. The van der Waals surface area contributed by atoms with Crippen LogP contribution in [0.5, 0.6) is 0 Å². The first-order chi connectivity index (χ1) is 13.2. The number of benzene rings is 2. The van der Waals surface area contributed by atoms with Crippen LogP contribution in [0.1, 0.15) is 37.1 Å². The Hall–Kier alpha value is -2.19. The Morgan fingerprint density at radius 3 is 1.52 bits per heavy atom. The highest BCUT2D eigenvalue weighted by Crippen LogP contribution is 2.32. The molecule has 0 spiro atoms. The topological polar surface area (TPSA) is 43.2 Å². The van der Waals surface area contributed by atoms with Crippen molar-refractivity contribution in [1.29, 1.82) is 0 Å². The molecule has 0 saturated carbocycles. The quantitative estimate of drug-likeness (QED) is 0.677. The Bertz CT molecular complexity index is 753. The summed E-state index contributed by atoms with van der Waals surface area (Å²) >= 11 is 0. The highest BCUT2D eigenvalue weighted by Gasteiger charge is 2.30. The van der Waals surface area contributed by atoms with E-state index in [-0.39, 0.29) is 24.3 Å². The van der Waals surface area contributed by atoms with Crippen LogP contribution in [0, 0.1) is 0 Å². The molecule has 2 aromatic rings. The van der Waals surface area contributed by atoms with Crippen molar-refractivity contribution in [3.63, 3.8) is 0 Å². The molecule has 0 N–H and O–H groups in total. The number of aliphatic imine (C=N–C) groups is 2. The largest absolute Gasteiger partial charge is 0.475 e. The zero-order valence-corrected chi connectivity index (χ0v) is 16.7. The van der Waals surface area contributed by atoms with Crippen LogP contribution < -0.4 is 0 Å². The lowest BCUT2D eigenvalue weighted by atomic mass is 10.0. The van der Waals surface area contributed by atoms with E-state index in [4.69, 9.17) is 19.5 Å². The Labute approximate surface area is 162 Å². The number of rotatable bonds is 6. The van der Waals surface area contributed by atoms with Crippen molar-refractivity contribution < 1.29 is 9.47 Å². The maximum absolute atomic E-state index is 5.98. The van der Waals surface area contributed by atoms with E-state index in [9.17, 15) is 0 Å². The van der Waals surface area contributed by atoms with E-state index in [1.165, 1.54) is 11.1 Å². The molecule has 0 radical (unpaired) electrons. The van der Waals surface area contributed by atoms with Gasteiger partial charge in [-0.2, -0.15) is 0 Å². The summed E-state index contributed by atoms with van der Waals surface area (Å²) < 4.78 is 12.0. The standard InChI is InChI=1S/C22H25N2O2P/c1-15-21(17-9-5-3-6-10-17)23-19(25-15)13-27-14-20-24-22(16(2)26-20)18-11-7-4-8-12-18/h3-12,15-16,21-22,27H,13-14H2,1-2H3/t15-,16+,21-,22+. The highest BCUT2D eigenvalue weighted by molar-refractivity contribution is 7.40. The van der Waals surface area contributed by atoms with Crippen LogP contribution in [0.15, 0.2) is 70.6 Å². The van der Waals surface area contributed by atoms with Crippen LogP contribution in [-0.2, 0) is 9.47 Å². The first kappa shape index (κ1) is 18.2. The van der Waals surface area contributed by atoms with E-state index in [1.807, 2.05) is 12.1 Å². The smallest absolute Gasteiger partial charge is 0.188 e. The van der Waals surface area contributed by atoms with Gasteiger partial charge in [0.1, 0.15) is 24.3 Å². The van der Waals surface area contributed by atoms with Crippen molar-refractivity contribution in [2.24, 2.45) is 9.98 Å². The molecule has 140 valence electrons. The molecule has 4 rings (SSSR count). The first-order valence-electron chi connectivity index (χ1n) is 9.48. The van der Waals surface area contributed by atoms with Gasteiger partial charge in [0.2, 0.25) is 0 Å². The van der Waals surface area contributed by atoms with E-state index < -0.39 is 0 Å². The number of hydrogen-bond donors (Lipinski definition) is 0. The van der Waals surface area contributed by atoms with Gasteiger partial charge >= 0.3 is 0 Å². The third kappa shape index (κ3) is 4.22. The van der Waals surface area contributed by atoms with Crippen molar-refractivity contribution in [3.8, 4) is 0 Å². The molecule has 0 bridgehead atoms. The van der Waals surface area contributed by atoms with Crippen LogP contribution in [0.2, 0.25) is 0 Å². The summed E-state index contributed by atoms with van der Waals surface area (Å²) in [6, 6.07) is 20.9. The molecule has 0 amide bonds. The summed E-state index contributed by atoms with van der Waals surface area (Å²) in [7, 11) is 0.663. The second-order valence-corrected chi connectivity index (χ2v) is 8.21. The molecular formula is C22H25N2O2P. The van der Waals surface area contributed by atoms with Gasteiger partial charge in [0.25, 0.3) is 0 Å². The van der Waals surface area contributed by atoms with Crippen molar-refractivity contribution >= 4 is 20.4 Å². The zero-order valence-electron chi connectivity index (χ0n) is 15.7. The molecule has 2 heterocycles. The lowest BCUT2D eigenvalue weighted by molar-refractivity contribution is 0.212. The van der Waals surface area contributed by atoms with Crippen molar-refractivity contribution in [1.82, 2.24) is 0 Å². The minimum absolute atomic E-state index is 0.0924. The third-order valence-corrected chi connectivity index (χ3v) is 6.04. The summed E-state index contributed by atoms with van der Waals surface area (Å²) in [4.78, 5) is 9.60. The molecule has 5 heteroatoms. The van der Waals surface area contributed by atoms with Crippen LogP contribution in [0.25, 0.3) is 0 Å². The molecule has 0 aromatic heterocycles. The van der Waals surface area contributed by atoms with Gasteiger partial charge in [-0.1, -0.05) is 60.7 Å². The Kier molecular flexibility index (Phi) is 5.54. The predicted octanol–water partition coefficient (Wildman–Crippen LogP) is 4.78. The average Bonchev–Trinajstić information content (AvgIpc) is 3.25. The molecule has 2 aliphatic rings. The predicted molar refractivity (Wildman–Crippen MR) is 112 cm³/mol. The van der Waals surface area contributed by atoms with Gasteiger partial charge in [-0.15, -0.1) is 8.58 Å². The Morgan fingerprint density at radius 1 is 0.704 bits per heavy atom. The summed E-state index contributed by atoms with van der Waals surface area (Å²) in [5.74, 6) is 1.72. The van der Waals surface area contributed by atoms with E-state index in [2.05, 4.69) is 62.4 Å². The average molecular weight is 380 g/mol. The second-order valence-electron chi connectivity index (χ2n) is 7.01. The molecule has 4 nitrogen and oxygen atoms in total. The van der Waals surface area contributed by atoms with Crippen molar-refractivity contribution in [2.75, 3.05) is 12.3 Å². The van der Waals surface area contributed by atoms with E-state index in [0.29, 0.717) is 8.58 Å². The molecule has 1 unspecified atom stereocenters. The first-order valence-corrected chi connectivity index (χ1v) is 10.9. The second kappa shape index (κ2) is 8.22. The number of hydrogen-bond acceptors (Lipinski definition) is 4. The molecular weight excluding hydrogens is 355 g/mol. The molecule has 2 aromatic carbocycles. The molecule has 5 atom stereocenters. The Balaban J connectivity index is 1.33. The summed E-state index contributed by atoms with van der Waals surface area (Å²) in [6.45, 7) is 4.18. The van der Waals surface area contributed by atoms with E-state index in [0.717, 1.165) is 24.1 Å². The fourth-order valence-corrected chi connectivity index (χ4v) is 4.48. The zero-order chi connectivity index (χ0) is 18.6. The molecule has 0 aliphatic carbocycles. The summed E-state index contributed by atoms with van der Waals surface area (Å²) in [6.07, 6.45) is 1.88. The SMILES string of the molecule is C[C@@H]1OC(CPCC2=N[C@@H](c3ccccc3)[C@@H](C)O2)=N[C@@H]1c1ccccc1. The van der Waals surface area contributed by atoms with E-state index in [1.54, 1.807) is 0 Å². The highest BCUT2D eigenvalue weighted by atomic mass is 31.1. The molecule has 27 heavy (non-hydrogen) atoms. The lowest BCUT2D eigenvalue weighted by Gasteiger charge is -2.13. The van der Waals surface area contributed by atoms with Gasteiger partial charge in [0.15, 0.2) is 11.8 Å². The van der Waals surface area contributed by atoms with Crippen molar-refractivity contribution in [3.05, 3.63) is 71.8 Å². The third-order valence-electron chi connectivity index (χ3n) is 4.93. The molecule has 0 saturated heterocycles. The van der Waals surface area contributed by atoms with Gasteiger partial charge in [-0.3, -0.25) is 0 Å². The van der Waals surface area contributed by atoms with Gasteiger partial charge in [0.05, 0.1) is 0 Å². The van der Waals surface area contributed by atoms with Gasteiger partial charge in [0, 0.05) is 12.3 Å². The normalized spacial score (nSPS) is 27.3. The lowest BCUT2D eigenvalue weighted by Crippen LogP contribution is -2.14. The fraction of sp³-hybridized carbons (Fsp3) is 0.364. The number of nitrogens with zero attached hydrogens (tertiary/aromatic N) is 2. The number of ether oxygens (including phenoxy) is 2. The Morgan fingerprint density at radius 2 is 1.11 bits per heavy atom. The van der Waals surface area contributed by atoms with Crippen LogP contribution in [0.3, 0.4) is 0 Å². The van der Waals surface area contributed by atoms with Gasteiger partial charge in [-0.05, 0) is 25.0 Å². The fourth-order valence-electron chi connectivity index (χ4n) is 3.58.